The molecule has 0 bridgehead atoms. The summed E-state index contributed by atoms with van der Waals surface area (Å²) in [6.45, 7) is 0. The normalized spacial score (nSPS) is 14.3. The van der Waals surface area contributed by atoms with Crippen molar-refractivity contribution in [1.29, 1.82) is 0 Å². The van der Waals surface area contributed by atoms with Gasteiger partial charge in [-0.1, -0.05) is 0 Å². The van der Waals surface area contributed by atoms with Gasteiger partial charge in [0, 0.05) is 6.42 Å². The van der Waals surface area contributed by atoms with Crippen molar-refractivity contribution >= 4 is 5.97 Å². The van der Waals surface area contributed by atoms with Gasteiger partial charge >= 0.3 is 12.1 Å². The Kier molecular flexibility index (Phi) is 4.02. The second-order valence-electron chi connectivity index (χ2n) is 2.34. The maximum absolute atomic E-state index is 11.6. The lowest BCUT2D eigenvalue weighted by Gasteiger charge is -2.12. The van der Waals surface area contributed by atoms with Crippen LogP contribution in [0.25, 0.3) is 0 Å². The number of carboxylic acid groups (broad SMARTS) is 1. The maximum atomic E-state index is 11.6. The number of hydrogen-bond acceptors (Lipinski definition) is 2. The Bertz CT molecular complexity index is 155. The molecule has 0 aliphatic rings. The topological polar surface area (TPSA) is 57.5 Å². The molecule has 12 heavy (non-hydrogen) atoms. The van der Waals surface area contributed by atoms with Crippen LogP contribution in [0.5, 0.6) is 0 Å². The lowest BCUT2D eigenvalue weighted by Crippen LogP contribution is -2.28. The fourth-order valence-corrected chi connectivity index (χ4v) is 0.610. The first kappa shape index (κ1) is 11.2. The molecule has 0 aliphatic heterocycles. The van der Waals surface area contributed by atoms with E-state index < -0.39 is 24.7 Å². The molecule has 0 unspecified atom stereocenters. The van der Waals surface area contributed by atoms with Gasteiger partial charge in [0.05, 0.1) is 0 Å². The summed E-state index contributed by atoms with van der Waals surface area (Å²) in [6, 6.07) is 0. The molecule has 72 valence electrons. The van der Waals surface area contributed by atoms with Crippen LogP contribution in [0.3, 0.4) is 0 Å². The number of alkyl halides is 3. The minimum absolute atomic E-state index is 0.171. The van der Waals surface area contributed by atoms with Gasteiger partial charge in [-0.2, -0.15) is 13.2 Å². The van der Waals surface area contributed by atoms with Crippen LogP contribution in [0, 0.1) is 0 Å². The minimum atomic E-state index is -4.64. The average Bonchev–Trinajstić information content (AvgIpc) is 1.84. The Morgan fingerprint density at radius 3 is 2.25 bits per heavy atom. The third-order valence-corrected chi connectivity index (χ3v) is 1.25. The SMILES string of the molecule is O=C(O)CCC[C@H](O)C(F)(F)F. The molecule has 0 aromatic heterocycles. The third kappa shape index (κ3) is 4.95. The predicted octanol–water partition coefficient (Wildman–Crippen LogP) is 1.16. The van der Waals surface area contributed by atoms with Crippen LogP contribution in [0.2, 0.25) is 0 Å². The van der Waals surface area contributed by atoms with Gasteiger partial charge in [-0.15, -0.1) is 0 Å². The first-order valence-corrected chi connectivity index (χ1v) is 3.30. The highest BCUT2D eigenvalue weighted by Crippen LogP contribution is 2.23. The van der Waals surface area contributed by atoms with Gasteiger partial charge in [0.1, 0.15) is 6.10 Å². The van der Waals surface area contributed by atoms with Crippen molar-refractivity contribution in [3.8, 4) is 0 Å². The molecule has 6 heteroatoms. The zero-order valence-corrected chi connectivity index (χ0v) is 6.14. The van der Waals surface area contributed by atoms with Crippen LogP contribution < -0.4 is 0 Å². The van der Waals surface area contributed by atoms with Gasteiger partial charge < -0.3 is 10.2 Å². The number of rotatable bonds is 4. The van der Waals surface area contributed by atoms with Crippen LogP contribution in [0.4, 0.5) is 13.2 Å². The molecule has 1 atom stereocenters. The fraction of sp³-hybridized carbons (Fsp3) is 0.833. The van der Waals surface area contributed by atoms with E-state index in [9.17, 15) is 18.0 Å². The van der Waals surface area contributed by atoms with E-state index in [1.165, 1.54) is 0 Å². The van der Waals surface area contributed by atoms with Crippen LogP contribution in [-0.4, -0.2) is 28.5 Å². The largest absolute Gasteiger partial charge is 0.481 e. The highest BCUT2D eigenvalue weighted by atomic mass is 19.4. The summed E-state index contributed by atoms with van der Waals surface area (Å²) in [5, 5.41) is 16.4. The van der Waals surface area contributed by atoms with E-state index in [4.69, 9.17) is 10.2 Å². The second-order valence-corrected chi connectivity index (χ2v) is 2.34. The van der Waals surface area contributed by atoms with Crippen molar-refractivity contribution in [2.75, 3.05) is 0 Å². The summed E-state index contributed by atoms with van der Waals surface area (Å²) >= 11 is 0. The van der Waals surface area contributed by atoms with Crippen molar-refractivity contribution in [3.05, 3.63) is 0 Å². The molecule has 0 fully saturated rings. The van der Waals surface area contributed by atoms with Crippen molar-refractivity contribution in [2.24, 2.45) is 0 Å². The Balaban J connectivity index is 3.58. The van der Waals surface area contributed by atoms with E-state index in [1.54, 1.807) is 0 Å². The molecule has 0 aromatic carbocycles. The molecular formula is C6H9F3O3. The van der Waals surface area contributed by atoms with Gasteiger partial charge in [0.15, 0.2) is 0 Å². The number of aliphatic carboxylic acids is 1. The predicted molar refractivity (Wildman–Crippen MR) is 33.5 cm³/mol. The van der Waals surface area contributed by atoms with Crippen LogP contribution in [0.1, 0.15) is 19.3 Å². The summed E-state index contributed by atoms with van der Waals surface area (Å²) < 4.78 is 34.7. The first-order chi connectivity index (χ1) is 5.34. The minimum Gasteiger partial charge on any atom is -0.481 e. The van der Waals surface area contributed by atoms with Crippen molar-refractivity contribution in [1.82, 2.24) is 0 Å². The highest BCUT2D eigenvalue weighted by Gasteiger charge is 2.37. The molecule has 0 rings (SSSR count). The van der Waals surface area contributed by atoms with Gasteiger partial charge in [-0.25, -0.2) is 0 Å². The molecular weight excluding hydrogens is 177 g/mol. The Morgan fingerprint density at radius 1 is 1.42 bits per heavy atom. The summed E-state index contributed by atoms with van der Waals surface area (Å²) in [6.07, 6.45) is -8.13. The fourth-order valence-electron chi connectivity index (χ4n) is 0.610. The Labute approximate surface area is 66.8 Å². The number of hydrogen-bond donors (Lipinski definition) is 2. The molecule has 0 aromatic rings. The molecule has 0 heterocycles. The first-order valence-electron chi connectivity index (χ1n) is 3.30. The highest BCUT2D eigenvalue weighted by molar-refractivity contribution is 5.66. The summed E-state index contributed by atoms with van der Waals surface area (Å²) in [5.41, 5.74) is 0. The molecule has 0 amide bonds. The number of carbonyl (C=O) groups is 1. The van der Waals surface area contributed by atoms with E-state index in [0.29, 0.717) is 0 Å². The maximum Gasteiger partial charge on any atom is 0.414 e. The smallest absolute Gasteiger partial charge is 0.414 e. The molecule has 0 aliphatic carbocycles. The number of aliphatic hydroxyl groups is 1. The van der Waals surface area contributed by atoms with Crippen LogP contribution >= 0.6 is 0 Å². The van der Waals surface area contributed by atoms with Gasteiger partial charge in [0.25, 0.3) is 0 Å². The number of aliphatic hydroxyl groups excluding tert-OH is 1. The quantitative estimate of drug-likeness (QED) is 0.692. The number of carboxylic acids is 1. The van der Waals surface area contributed by atoms with E-state index in [0.717, 1.165) is 0 Å². The summed E-state index contributed by atoms with van der Waals surface area (Å²) in [5.74, 6) is -1.16. The van der Waals surface area contributed by atoms with E-state index in [1.807, 2.05) is 0 Å². The van der Waals surface area contributed by atoms with Crippen LogP contribution in [0.15, 0.2) is 0 Å². The van der Waals surface area contributed by atoms with Crippen molar-refractivity contribution < 1.29 is 28.2 Å². The molecule has 0 saturated heterocycles. The zero-order chi connectivity index (χ0) is 9.78. The summed E-state index contributed by atoms with van der Waals surface area (Å²) in [4.78, 5) is 9.87. The summed E-state index contributed by atoms with van der Waals surface area (Å²) in [7, 11) is 0. The van der Waals surface area contributed by atoms with Gasteiger partial charge in [0.2, 0.25) is 0 Å². The zero-order valence-electron chi connectivity index (χ0n) is 6.14. The standard InChI is InChI=1S/C6H9F3O3/c7-6(8,9)4(10)2-1-3-5(11)12/h4,10H,1-3H2,(H,11,12)/t4-/m0/s1. The lowest BCUT2D eigenvalue weighted by molar-refractivity contribution is -0.205. The van der Waals surface area contributed by atoms with Gasteiger partial charge in [-0.3, -0.25) is 4.79 Å². The third-order valence-electron chi connectivity index (χ3n) is 1.25. The van der Waals surface area contributed by atoms with Crippen LogP contribution in [-0.2, 0) is 4.79 Å². The lowest BCUT2D eigenvalue weighted by atomic mass is 10.1. The second kappa shape index (κ2) is 4.30. The van der Waals surface area contributed by atoms with Crippen molar-refractivity contribution in [3.63, 3.8) is 0 Å². The Hall–Kier alpha value is -0.780. The van der Waals surface area contributed by atoms with E-state index >= 15 is 0 Å². The van der Waals surface area contributed by atoms with Gasteiger partial charge in [-0.05, 0) is 12.8 Å². The molecule has 0 spiro atoms. The Morgan fingerprint density at radius 2 is 1.92 bits per heavy atom. The van der Waals surface area contributed by atoms with E-state index in [-0.39, 0.29) is 12.8 Å². The molecule has 0 radical (unpaired) electrons. The average molecular weight is 186 g/mol. The van der Waals surface area contributed by atoms with Crippen molar-refractivity contribution in [2.45, 2.75) is 31.5 Å². The molecule has 3 nitrogen and oxygen atoms in total. The monoisotopic (exact) mass is 186 g/mol. The van der Waals surface area contributed by atoms with E-state index in [2.05, 4.69) is 0 Å². The number of halogens is 3. The molecule has 2 N–H and O–H groups in total. The molecule has 0 saturated carbocycles.